The zero-order chi connectivity index (χ0) is 14.0. The molecule has 0 aliphatic rings. The van der Waals surface area contributed by atoms with E-state index in [-0.39, 0.29) is 5.91 Å². The first-order valence-corrected chi connectivity index (χ1v) is 6.07. The number of nitrogens with two attached hydrogens (primary N) is 2. The van der Waals surface area contributed by atoms with Crippen molar-refractivity contribution >= 4 is 34.6 Å². The molecular formula is C14H14ClN3O. The topological polar surface area (TPSA) is 81.1 Å². The zero-order valence-electron chi connectivity index (χ0n) is 10.4. The summed E-state index contributed by atoms with van der Waals surface area (Å²) in [6, 6.07) is 10.1. The van der Waals surface area contributed by atoms with Gasteiger partial charge in [0.15, 0.2) is 0 Å². The average molecular weight is 276 g/mol. The van der Waals surface area contributed by atoms with E-state index in [1.54, 1.807) is 30.3 Å². The Morgan fingerprint density at radius 1 is 1.11 bits per heavy atom. The van der Waals surface area contributed by atoms with Crippen molar-refractivity contribution in [2.24, 2.45) is 0 Å². The van der Waals surface area contributed by atoms with Crippen molar-refractivity contribution in [3.05, 3.63) is 52.5 Å². The third-order valence-electron chi connectivity index (χ3n) is 2.67. The van der Waals surface area contributed by atoms with Gasteiger partial charge >= 0.3 is 0 Å². The molecule has 2 aromatic rings. The summed E-state index contributed by atoms with van der Waals surface area (Å²) in [5, 5.41) is 3.35. The van der Waals surface area contributed by atoms with Gasteiger partial charge < -0.3 is 16.8 Å². The van der Waals surface area contributed by atoms with Crippen LogP contribution in [0.3, 0.4) is 0 Å². The van der Waals surface area contributed by atoms with Crippen LogP contribution in [0.25, 0.3) is 0 Å². The van der Waals surface area contributed by atoms with Gasteiger partial charge in [-0.05, 0) is 42.8 Å². The highest BCUT2D eigenvalue weighted by Gasteiger charge is 2.08. The van der Waals surface area contributed by atoms with Crippen molar-refractivity contribution < 1.29 is 4.79 Å². The fraction of sp³-hybridized carbons (Fsp3) is 0.0714. The minimum atomic E-state index is -0.279. The number of aryl methyl sites for hydroxylation is 1. The highest BCUT2D eigenvalue weighted by Crippen LogP contribution is 2.21. The summed E-state index contributed by atoms with van der Waals surface area (Å²) < 4.78 is 0. The number of benzene rings is 2. The number of anilines is 3. The van der Waals surface area contributed by atoms with Crippen molar-refractivity contribution in [1.29, 1.82) is 0 Å². The molecule has 0 radical (unpaired) electrons. The highest BCUT2D eigenvalue weighted by atomic mass is 35.5. The highest BCUT2D eigenvalue weighted by molar-refractivity contribution is 6.31. The van der Waals surface area contributed by atoms with Crippen molar-refractivity contribution in [2.75, 3.05) is 16.8 Å². The molecule has 98 valence electrons. The fourth-order valence-electron chi connectivity index (χ4n) is 1.68. The first-order valence-electron chi connectivity index (χ1n) is 5.69. The Morgan fingerprint density at radius 3 is 2.32 bits per heavy atom. The second-order valence-electron chi connectivity index (χ2n) is 4.31. The SMILES string of the molecule is Cc1ccc(NC(=O)c2cc(N)cc(N)c2)cc1Cl. The average Bonchev–Trinajstić information content (AvgIpc) is 2.32. The molecule has 0 unspecified atom stereocenters. The molecular weight excluding hydrogens is 262 g/mol. The van der Waals surface area contributed by atoms with E-state index in [9.17, 15) is 4.79 Å². The molecule has 5 N–H and O–H groups in total. The number of rotatable bonds is 2. The Labute approximate surface area is 116 Å². The lowest BCUT2D eigenvalue weighted by atomic mass is 10.1. The Kier molecular flexibility index (Phi) is 3.62. The van der Waals surface area contributed by atoms with Crippen LogP contribution in [0.1, 0.15) is 15.9 Å². The van der Waals surface area contributed by atoms with E-state index in [1.165, 1.54) is 0 Å². The van der Waals surface area contributed by atoms with Gasteiger partial charge in [-0.2, -0.15) is 0 Å². The van der Waals surface area contributed by atoms with E-state index in [2.05, 4.69) is 5.32 Å². The fourth-order valence-corrected chi connectivity index (χ4v) is 1.86. The van der Waals surface area contributed by atoms with Crippen LogP contribution in [0, 0.1) is 6.92 Å². The molecule has 2 rings (SSSR count). The largest absolute Gasteiger partial charge is 0.399 e. The molecule has 1 amide bonds. The summed E-state index contributed by atoms with van der Waals surface area (Å²) >= 11 is 6.00. The summed E-state index contributed by atoms with van der Waals surface area (Å²) in [6.45, 7) is 1.90. The normalized spacial score (nSPS) is 10.2. The van der Waals surface area contributed by atoms with Crippen molar-refractivity contribution in [3.8, 4) is 0 Å². The minimum Gasteiger partial charge on any atom is -0.399 e. The number of nitrogens with one attached hydrogen (secondary N) is 1. The van der Waals surface area contributed by atoms with Gasteiger partial charge in [-0.25, -0.2) is 0 Å². The van der Waals surface area contributed by atoms with Gasteiger partial charge in [0.1, 0.15) is 0 Å². The maximum absolute atomic E-state index is 12.0. The molecule has 19 heavy (non-hydrogen) atoms. The Bertz CT molecular complexity index is 620. The Morgan fingerprint density at radius 2 is 1.74 bits per heavy atom. The number of hydrogen-bond acceptors (Lipinski definition) is 3. The molecule has 0 aromatic heterocycles. The molecule has 0 saturated carbocycles. The van der Waals surface area contributed by atoms with Crippen LogP contribution >= 0.6 is 11.6 Å². The van der Waals surface area contributed by atoms with Crippen LogP contribution in [0.2, 0.25) is 5.02 Å². The molecule has 0 fully saturated rings. The number of hydrogen-bond donors (Lipinski definition) is 3. The summed E-state index contributed by atoms with van der Waals surface area (Å²) in [4.78, 5) is 12.0. The van der Waals surface area contributed by atoms with E-state index in [0.717, 1.165) is 5.56 Å². The Balaban J connectivity index is 2.22. The van der Waals surface area contributed by atoms with Gasteiger partial charge in [-0.1, -0.05) is 17.7 Å². The quantitative estimate of drug-likeness (QED) is 0.737. The summed E-state index contributed by atoms with van der Waals surface area (Å²) in [5.74, 6) is -0.279. The first kappa shape index (κ1) is 13.2. The van der Waals surface area contributed by atoms with Crippen LogP contribution in [0.5, 0.6) is 0 Å². The van der Waals surface area contributed by atoms with E-state index < -0.39 is 0 Å². The van der Waals surface area contributed by atoms with Gasteiger partial charge in [0.25, 0.3) is 5.91 Å². The van der Waals surface area contributed by atoms with Gasteiger partial charge in [-0.3, -0.25) is 4.79 Å². The van der Waals surface area contributed by atoms with Crippen LogP contribution in [0.4, 0.5) is 17.1 Å². The minimum absolute atomic E-state index is 0.279. The van der Waals surface area contributed by atoms with E-state index in [1.807, 2.05) is 13.0 Å². The monoisotopic (exact) mass is 275 g/mol. The third-order valence-corrected chi connectivity index (χ3v) is 3.08. The number of carbonyl (C=O) groups excluding carboxylic acids is 1. The smallest absolute Gasteiger partial charge is 0.255 e. The molecule has 4 nitrogen and oxygen atoms in total. The number of carbonyl (C=O) groups is 1. The molecule has 0 spiro atoms. The van der Waals surface area contributed by atoms with Crippen molar-refractivity contribution in [1.82, 2.24) is 0 Å². The zero-order valence-corrected chi connectivity index (χ0v) is 11.2. The molecule has 0 saturated heterocycles. The summed E-state index contributed by atoms with van der Waals surface area (Å²) in [7, 11) is 0. The molecule has 5 heteroatoms. The molecule has 2 aromatic carbocycles. The summed E-state index contributed by atoms with van der Waals surface area (Å²) in [6.07, 6.45) is 0. The first-order chi connectivity index (χ1) is 8.95. The van der Waals surface area contributed by atoms with E-state index in [4.69, 9.17) is 23.1 Å². The van der Waals surface area contributed by atoms with E-state index >= 15 is 0 Å². The number of amides is 1. The van der Waals surface area contributed by atoms with E-state index in [0.29, 0.717) is 27.6 Å². The van der Waals surface area contributed by atoms with Gasteiger partial charge in [-0.15, -0.1) is 0 Å². The van der Waals surface area contributed by atoms with Crippen LogP contribution in [-0.2, 0) is 0 Å². The molecule has 0 bridgehead atoms. The van der Waals surface area contributed by atoms with Crippen LogP contribution < -0.4 is 16.8 Å². The predicted molar refractivity (Wildman–Crippen MR) is 79.4 cm³/mol. The lowest BCUT2D eigenvalue weighted by molar-refractivity contribution is 0.102. The second-order valence-corrected chi connectivity index (χ2v) is 4.71. The summed E-state index contributed by atoms with van der Waals surface area (Å²) in [5.41, 5.74) is 14.2. The van der Waals surface area contributed by atoms with Gasteiger partial charge in [0, 0.05) is 27.6 Å². The molecule has 0 aliphatic heterocycles. The molecule has 0 heterocycles. The molecule has 0 atom stereocenters. The predicted octanol–water partition coefficient (Wildman–Crippen LogP) is 3.07. The van der Waals surface area contributed by atoms with Gasteiger partial charge in [0.2, 0.25) is 0 Å². The van der Waals surface area contributed by atoms with Crippen molar-refractivity contribution in [2.45, 2.75) is 6.92 Å². The maximum Gasteiger partial charge on any atom is 0.255 e. The van der Waals surface area contributed by atoms with Crippen molar-refractivity contribution in [3.63, 3.8) is 0 Å². The van der Waals surface area contributed by atoms with Crippen LogP contribution in [0.15, 0.2) is 36.4 Å². The number of halogens is 1. The molecule has 0 aliphatic carbocycles. The van der Waals surface area contributed by atoms with Gasteiger partial charge in [0.05, 0.1) is 0 Å². The second kappa shape index (κ2) is 5.20. The lowest BCUT2D eigenvalue weighted by Crippen LogP contribution is -2.12. The standard InChI is InChI=1S/C14H14ClN3O/c1-8-2-3-12(7-13(8)15)18-14(19)9-4-10(16)6-11(17)5-9/h2-7H,16-17H2,1H3,(H,18,19). The third kappa shape index (κ3) is 3.17. The van der Waals surface area contributed by atoms with Crippen LogP contribution in [-0.4, -0.2) is 5.91 Å². The number of nitrogen functional groups attached to an aromatic ring is 2. The maximum atomic E-state index is 12.0. The lowest BCUT2D eigenvalue weighted by Gasteiger charge is -2.08. The Hall–Kier alpha value is -2.20.